The first kappa shape index (κ1) is 15.3. The molecule has 0 radical (unpaired) electrons. The van der Waals surface area contributed by atoms with Crippen molar-refractivity contribution in [2.24, 2.45) is 5.73 Å². The maximum Gasteiger partial charge on any atom is 0.169 e. The van der Waals surface area contributed by atoms with Gasteiger partial charge in [-0.3, -0.25) is 0 Å². The summed E-state index contributed by atoms with van der Waals surface area (Å²) in [6, 6.07) is 16.6. The van der Waals surface area contributed by atoms with Crippen LogP contribution in [0.4, 0.5) is 0 Å². The predicted molar refractivity (Wildman–Crippen MR) is 95.1 cm³/mol. The Morgan fingerprint density at radius 3 is 2.39 bits per heavy atom. The fourth-order valence-corrected chi connectivity index (χ4v) is 2.68. The van der Waals surface area contributed by atoms with Gasteiger partial charge in [-0.05, 0) is 22.6 Å². The minimum atomic E-state index is 0.650. The number of pyridine rings is 1. The number of fused-ring (bicyclic) bond motifs is 1. The smallest absolute Gasteiger partial charge is 0.169 e. The molecule has 0 aliphatic heterocycles. The van der Waals surface area contributed by atoms with Crippen LogP contribution >= 0.6 is 0 Å². The first-order chi connectivity index (χ1) is 11.3. The van der Waals surface area contributed by atoms with Gasteiger partial charge >= 0.3 is 0 Å². The third kappa shape index (κ3) is 3.41. The van der Waals surface area contributed by atoms with Crippen LogP contribution in [0.25, 0.3) is 22.9 Å². The van der Waals surface area contributed by atoms with E-state index >= 15 is 0 Å². The van der Waals surface area contributed by atoms with Crippen molar-refractivity contribution in [3.8, 4) is 5.75 Å². The van der Waals surface area contributed by atoms with Gasteiger partial charge in [-0.15, -0.1) is 0 Å². The lowest BCUT2D eigenvalue weighted by atomic mass is 10.0. The largest absolute Gasteiger partial charge is 0.496 e. The van der Waals surface area contributed by atoms with Crippen molar-refractivity contribution in [2.75, 3.05) is 13.7 Å². The van der Waals surface area contributed by atoms with Gasteiger partial charge in [-0.25, -0.2) is 4.57 Å². The highest BCUT2D eigenvalue weighted by Gasteiger charge is 2.04. The van der Waals surface area contributed by atoms with Crippen LogP contribution in [-0.4, -0.2) is 13.7 Å². The standard InChI is InChI=1S/C20H21N2O/c1-23-20-9-8-17(18-4-2-3-5-19(18)20)7-6-16-10-13-22(14-11-16)15-12-21/h2-11,13-14H,12,15,21H2,1H3/q+1/b7-6+. The molecule has 3 heteroatoms. The Morgan fingerprint density at radius 2 is 1.70 bits per heavy atom. The molecule has 0 saturated heterocycles. The molecule has 0 amide bonds. The number of nitrogens with two attached hydrogens (primary N) is 1. The molecule has 0 fully saturated rings. The van der Waals surface area contributed by atoms with Crippen molar-refractivity contribution < 1.29 is 9.30 Å². The Morgan fingerprint density at radius 1 is 0.957 bits per heavy atom. The molecule has 116 valence electrons. The van der Waals surface area contributed by atoms with Gasteiger partial charge in [0.1, 0.15) is 5.75 Å². The summed E-state index contributed by atoms with van der Waals surface area (Å²) in [4.78, 5) is 0. The molecule has 0 aliphatic carbocycles. The molecule has 3 rings (SSSR count). The quantitative estimate of drug-likeness (QED) is 0.735. The number of benzene rings is 2. The zero-order chi connectivity index (χ0) is 16.1. The zero-order valence-corrected chi connectivity index (χ0v) is 13.3. The average Bonchev–Trinajstić information content (AvgIpc) is 2.61. The summed E-state index contributed by atoms with van der Waals surface area (Å²) < 4.78 is 7.53. The molecule has 2 N–H and O–H groups in total. The number of methoxy groups -OCH3 is 1. The van der Waals surface area contributed by atoms with E-state index in [9.17, 15) is 0 Å². The van der Waals surface area contributed by atoms with E-state index in [1.807, 2.05) is 12.1 Å². The molecule has 3 aromatic rings. The molecule has 23 heavy (non-hydrogen) atoms. The van der Waals surface area contributed by atoms with E-state index in [2.05, 4.69) is 65.5 Å². The number of ether oxygens (including phenoxy) is 1. The van der Waals surface area contributed by atoms with Gasteiger partial charge < -0.3 is 10.5 Å². The normalized spacial score (nSPS) is 11.2. The second kappa shape index (κ2) is 7.07. The van der Waals surface area contributed by atoms with Crippen LogP contribution in [0.5, 0.6) is 5.75 Å². The molecule has 0 aliphatic rings. The van der Waals surface area contributed by atoms with Gasteiger partial charge in [0.2, 0.25) is 0 Å². The lowest BCUT2D eigenvalue weighted by Crippen LogP contribution is -2.36. The maximum atomic E-state index is 5.56. The first-order valence-electron chi connectivity index (χ1n) is 7.75. The molecule has 0 spiro atoms. The fourth-order valence-electron chi connectivity index (χ4n) is 2.68. The van der Waals surface area contributed by atoms with Crippen LogP contribution in [0.1, 0.15) is 11.1 Å². The Kier molecular flexibility index (Phi) is 4.69. The summed E-state index contributed by atoms with van der Waals surface area (Å²) in [5.74, 6) is 0.903. The minimum absolute atomic E-state index is 0.650. The maximum absolute atomic E-state index is 5.56. The SMILES string of the molecule is COc1ccc(/C=C/c2cc[n+](CCN)cc2)c2ccccc12. The van der Waals surface area contributed by atoms with Gasteiger partial charge in [0.25, 0.3) is 0 Å². The second-order valence-corrected chi connectivity index (χ2v) is 5.39. The number of rotatable bonds is 5. The van der Waals surface area contributed by atoms with E-state index in [0.717, 1.165) is 23.2 Å². The van der Waals surface area contributed by atoms with Crippen molar-refractivity contribution in [1.29, 1.82) is 0 Å². The highest BCUT2D eigenvalue weighted by Crippen LogP contribution is 2.29. The van der Waals surface area contributed by atoms with Crippen LogP contribution < -0.4 is 15.0 Å². The molecule has 0 unspecified atom stereocenters. The van der Waals surface area contributed by atoms with Gasteiger partial charge in [0.15, 0.2) is 18.9 Å². The van der Waals surface area contributed by atoms with Crippen LogP contribution in [0.3, 0.4) is 0 Å². The summed E-state index contributed by atoms with van der Waals surface area (Å²) in [6.45, 7) is 1.49. The van der Waals surface area contributed by atoms with E-state index in [0.29, 0.717) is 6.54 Å². The number of hydrogen-bond donors (Lipinski definition) is 1. The lowest BCUT2D eigenvalue weighted by Gasteiger charge is -2.07. The highest BCUT2D eigenvalue weighted by atomic mass is 16.5. The molecule has 1 heterocycles. The third-order valence-corrected chi connectivity index (χ3v) is 3.90. The van der Waals surface area contributed by atoms with E-state index in [1.165, 1.54) is 10.9 Å². The summed E-state index contributed by atoms with van der Waals surface area (Å²) in [5, 5.41) is 2.32. The van der Waals surface area contributed by atoms with Crippen molar-refractivity contribution >= 4 is 22.9 Å². The second-order valence-electron chi connectivity index (χ2n) is 5.39. The summed E-state index contributed by atoms with van der Waals surface area (Å²) in [5.41, 5.74) is 7.91. The van der Waals surface area contributed by atoms with Crippen molar-refractivity contribution in [1.82, 2.24) is 0 Å². The van der Waals surface area contributed by atoms with Gasteiger partial charge in [0, 0.05) is 17.5 Å². The van der Waals surface area contributed by atoms with E-state index in [-0.39, 0.29) is 0 Å². The monoisotopic (exact) mass is 305 g/mol. The summed E-state index contributed by atoms with van der Waals surface area (Å²) >= 11 is 0. The van der Waals surface area contributed by atoms with Crippen molar-refractivity contribution in [3.63, 3.8) is 0 Å². The Labute approximate surface area is 136 Å². The van der Waals surface area contributed by atoms with Gasteiger partial charge in [-0.2, -0.15) is 0 Å². The number of hydrogen-bond acceptors (Lipinski definition) is 2. The minimum Gasteiger partial charge on any atom is -0.496 e. The van der Waals surface area contributed by atoms with E-state index in [1.54, 1.807) is 7.11 Å². The lowest BCUT2D eigenvalue weighted by molar-refractivity contribution is -0.694. The summed E-state index contributed by atoms with van der Waals surface area (Å²) in [7, 11) is 1.71. The number of nitrogens with zero attached hydrogens (tertiary/aromatic N) is 1. The van der Waals surface area contributed by atoms with Crippen molar-refractivity contribution in [3.05, 3.63) is 72.1 Å². The molecule has 0 saturated carbocycles. The zero-order valence-electron chi connectivity index (χ0n) is 13.3. The molecular weight excluding hydrogens is 284 g/mol. The van der Waals surface area contributed by atoms with Crippen LogP contribution in [-0.2, 0) is 6.54 Å². The molecule has 0 atom stereocenters. The average molecular weight is 305 g/mol. The number of aromatic nitrogens is 1. The molecule has 0 bridgehead atoms. The fraction of sp³-hybridized carbons (Fsp3) is 0.150. The Balaban J connectivity index is 1.92. The van der Waals surface area contributed by atoms with Gasteiger partial charge in [0.05, 0.1) is 13.7 Å². The van der Waals surface area contributed by atoms with Crippen LogP contribution in [0.15, 0.2) is 60.9 Å². The summed E-state index contributed by atoms with van der Waals surface area (Å²) in [6.07, 6.45) is 8.38. The topological polar surface area (TPSA) is 39.1 Å². The molecule has 3 nitrogen and oxygen atoms in total. The highest BCUT2D eigenvalue weighted by molar-refractivity contribution is 5.96. The molecule has 2 aromatic carbocycles. The molecular formula is C20H21N2O+. The van der Waals surface area contributed by atoms with E-state index in [4.69, 9.17) is 10.5 Å². The van der Waals surface area contributed by atoms with E-state index < -0.39 is 0 Å². The predicted octanol–water partition coefficient (Wildman–Crippen LogP) is 3.27. The van der Waals surface area contributed by atoms with Crippen molar-refractivity contribution in [2.45, 2.75) is 6.54 Å². The van der Waals surface area contributed by atoms with Crippen LogP contribution in [0.2, 0.25) is 0 Å². The Bertz CT molecular complexity index is 823. The third-order valence-electron chi connectivity index (χ3n) is 3.90. The van der Waals surface area contributed by atoms with Crippen LogP contribution in [0, 0.1) is 0 Å². The van der Waals surface area contributed by atoms with Gasteiger partial charge in [-0.1, -0.05) is 42.5 Å². The first-order valence-corrected chi connectivity index (χ1v) is 7.75. The Hall–Kier alpha value is -2.65. The molecule has 1 aromatic heterocycles.